The zero-order chi connectivity index (χ0) is 21.5. The summed E-state index contributed by atoms with van der Waals surface area (Å²) >= 11 is 7.56. The molecular weight excluding hydrogens is 434 g/mol. The molecule has 3 aromatic rings. The van der Waals surface area contributed by atoms with Gasteiger partial charge in [-0.2, -0.15) is 0 Å². The number of hydrogen-bond donors (Lipinski definition) is 3. The highest BCUT2D eigenvalue weighted by molar-refractivity contribution is 8.04. The Kier molecular flexibility index (Phi) is 6.96. The average molecular weight is 456 g/mol. The Balaban J connectivity index is 1.28. The number of nitrogens with one attached hydrogen (secondary N) is 3. The fourth-order valence-corrected chi connectivity index (χ4v) is 3.91. The van der Waals surface area contributed by atoms with Gasteiger partial charge in [0.1, 0.15) is 11.6 Å². The number of imidazole rings is 1. The molecule has 0 atom stereocenters. The van der Waals surface area contributed by atoms with Crippen LogP contribution in [0.15, 0.2) is 72.3 Å². The standard InChI is InChI=1S/C21H22ClN7OS/c22-16-5-1-2-6-17(16)25-21(30)18-13-29(15-31-18)27-20-8-3-7-19(26-20)24-9-4-11-28-12-10-23-14-28/h1-3,5-8,10,12-14H,4,9,11,15H2,(H,25,30)(H2,24,26,27). The largest absolute Gasteiger partial charge is 0.370 e. The van der Waals surface area contributed by atoms with Gasteiger partial charge < -0.3 is 15.2 Å². The number of hydrazine groups is 1. The quantitative estimate of drug-likeness (QED) is 0.416. The molecule has 1 amide bonds. The highest BCUT2D eigenvalue weighted by atomic mass is 35.5. The first-order chi connectivity index (χ1) is 15.2. The number of aromatic nitrogens is 3. The fourth-order valence-electron chi connectivity index (χ4n) is 2.93. The first-order valence-electron chi connectivity index (χ1n) is 9.78. The second-order valence-corrected chi connectivity index (χ2v) is 8.17. The number of halogens is 1. The third-order valence-corrected chi connectivity index (χ3v) is 5.78. The topological polar surface area (TPSA) is 87.1 Å². The zero-order valence-electron chi connectivity index (χ0n) is 16.7. The predicted octanol–water partition coefficient (Wildman–Crippen LogP) is 4.25. The molecule has 0 saturated heterocycles. The SMILES string of the molecule is O=C(Nc1ccccc1Cl)C1=CN(Nc2cccc(NCCCn3ccnc3)n2)CS1. The predicted molar refractivity (Wildman–Crippen MR) is 126 cm³/mol. The Morgan fingerprint density at radius 1 is 1.16 bits per heavy atom. The zero-order valence-corrected chi connectivity index (χ0v) is 18.2. The Morgan fingerprint density at radius 2 is 2.03 bits per heavy atom. The molecule has 0 saturated carbocycles. The number of carbonyl (C=O) groups is 1. The second kappa shape index (κ2) is 10.2. The van der Waals surface area contributed by atoms with Crippen molar-refractivity contribution in [2.24, 2.45) is 0 Å². The number of hydrogen-bond acceptors (Lipinski definition) is 7. The minimum Gasteiger partial charge on any atom is -0.370 e. The summed E-state index contributed by atoms with van der Waals surface area (Å²) in [6, 6.07) is 12.9. The summed E-state index contributed by atoms with van der Waals surface area (Å²) in [5, 5.41) is 8.51. The van der Waals surface area contributed by atoms with Crippen molar-refractivity contribution < 1.29 is 4.79 Å². The van der Waals surface area contributed by atoms with Gasteiger partial charge in [-0.25, -0.2) is 9.97 Å². The Labute approximate surface area is 189 Å². The van der Waals surface area contributed by atoms with E-state index >= 15 is 0 Å². The molecule has 160 valence electrons. The lowest BCUT2D eigenvalue weighted by molar-refractivity contribution is -0.112. The molecule has 0 bridgehead atoms. The van der Waals surface area contributed by atoms with Crippen LogP contribution < -0.4 is 16.1 Å². The lowest BCUT2D eigenvalue weighted by Crippen LogP contribution is -2.22. The molecule has 4 rings (SSSR count). The molecule has 3 heterocycles. The van der Waals surface area contributed by atoms with Crippen molar-refractivity contribution in [3.8, 4) is 0 Å². The number of benzene rings is 1. The van der Waals surface area contributed by atoms with E-state index in [1.165, 1.54) is 11.8 Å². The van der Waals surface area contributed by atoms with Gasteiger partial charge in [0.15, 0.2) is 0 Å². The van der Waals surface area contributed by atoms with Crippen molar-refractivity contribution in [2.45, 2.75) is 13.0 Å². The Morgan fingerprint density at radius 3 is 2.87 bits per heavy atom. The first-order valence-corrected chi connectivity index (χ1v) is 11.1. The lowest BCUT2D eigenvalue weighted by atomic mass is 10.3. The molecule has 1 aromatic carbocycles. The van der Waals surface area contributed by atoms with Gasteiger partial charge in [0, 0.05) is 31.7 Å². The van der Waals surface area contributed by atoms with Crippen molar-refractivity contribution in [1.29, 1.82) is 0 Å². The van der Waals surface area contributed by atoms with Crippen LogP contribution in [0.2, 0.25) is 5.02 Å². The number of anilines is 3. The molecule has 0 spiro atoms. The van der Waals surface area contributed by atoms with Gasteiger partial charge in [-0.15, -0.1) is 0 Å². The highest BCUT2D eigenvalue weighted by Gasteiger charge is 2.20. The molecule has 8 nitrogen and oxygen atoms in total. The Bertz CT molecular complexity index is 1060. The normalized spacial score (nSPS) is 13.1. The van der Waals surface area contributed by atoms with Gasteiger partial charge >= 0.3 is 0 Å². The van der Waals surface area contributed by atoms with E-state index in [0.29, 0.717) is 27.3 Å². The minimum atomic E-state index is -0.191. The van der Waals surface area contributed by atoms with Crippen LogP contribution in [0.5, 0.6) is 0 Å². The third-order valence-electron chi connectivity index (χ3n) is 4.44. The number of thioether (sulfide) groups is 1. The summed E-state index contributed by atoms with van der Waals surface area (Å²) in [6.07, 6.45) is 8.27. The van der Waals surface area contributed by atoms with E-state index in [0.717, 1.165) is 25.3 Å². The molecule has 31 heavy (non-hydrogen) atoms. The number of rotatable bonds is 9. The number of nitrogens with zero attached hydrogens (tertiary/aromatic N) is 4. The van der Waals surface area contributed by atoms with Crippen LogP contribution in [0.1, 0.15) is 6.42 Å². The maximum absolute atomic E-state index is 12.5. The molecule has 1 aliphatic rings. The van der Waals surface area contributed by atoms with Crippen LogP contribution in [0.4, 0.5) is 17.3 Å². The highest BCUT2D eigenvalue weighted by Crippen LogP contribution is 2.28. The lowest BCUT2D eigenvalue weighted by Gasteiger charge is -2.17. The van der Waals surface area contributed by atoms with Crippen molar-refractivity contribution in [1.82, 2.24) is 19.5 Å². The van der Waals surface area contributed by atoms with Gasteiger partial charge in [-0.1, -0.05) is 41.6 Å². The average Bonchev–Trinajstić information content (AvgIpc) is 3.45. The van der Waals surface area contributed by atoms with E-state index in [4.69, 9.17) is 11.6 Å². The maximum atomic E-state index is 12.5. The van der Waals surface area contributed by atoms with Crippen LogP contribution >= 0.6 is 23.4 Å². The second-order valence-electron chi connectivity index (χ2n) is 6.77. The Hall–Kier alpha value is -3.17. The van der Waals surface area contributed by atoms with E-state index in [9.17, 15) is 4.79 Å². The maximum Gasteiger partial charge on any atom is 0.263 e. The molecule has 3 N–H and O–H groups in total. The van der Waals surface area contributed by atoms with Crippen molar-refractivity contribution in [3.63, 3.8) is 0 Å². The molecule has 0 fully saturated rings. The van der Waals surface area contributed by atoms with Crippen LogP contribution in [0, 0.1) is 0 Å². The van der Waals surface area contributed by atoms with Crippen molar-refractivity contribution in [3.05, 3.63) is 77.3 Å². The molecule has 10 heteroatoms. The first kappa shape index (κ1) is 21.1. The smallest absolute Gasteiger partial charge is 0.263 e. The summed E-state index contributed by atoms with van der Waals surface area (Å²) < 4.78 is 2.05. The summed E-state index contributed by atoms with van der Waals surface area (Å²) in [6.45, 7) is 1.71. The van der Waals surface area contributed by atoms with Crippen molar-refractivity contribution in [2.75, 3.05) is 28.5 Å². The van der Waals surface area contributed by atoms with E-state index in [1.807, 2.05) is 52.4 Å². The van der Waals surface area contributed by atoms with Gasteiger partial charge in [-0.05, 0) is 30.7 Å². The number of carbonyl (C=O) groups excluding carboxylic acids is 1. The fraction of sp³-hybridized carbons (Fsp3) is 0.190. The molecule has 2 aromatic heterocycles. The molecular formula is C21H22ClN7OS. The number of pyridine rings is 1. The van der Waals surface area contributed by atoms with Crippen LogP contribution in [-0.2, 0) is 11.3 Å². The van der Waals surface area contributed by atoms with Crippen LogP contribution in [-0.4, -0.2) is 37.9 Å². The van der Waals surface area contributed by atoms with Gasteiger partial charge in [-0.3, -0.25) is 15.2 Å². The van der Waals surface area contributed by atoms with E-state index in [2.05, 4.69) is 26.0 Å². The monoisotopic (exact) mass is 455 g/mol. The van der Waals surface area contributed by atoms with E-state index in [-0.39, 0.29) is 5.91 Å². The van der Waals surface area contributed by atoms with Crippen molar-refractivity contribution >= 4 is 46.6 Å². The summed E-state index contributed by atoms with van der Waals surface area (Å²) in [5.41, 5.74) is 3.81. The minimum absolute atomic E-state index is 0.191. The molecule has 0 radical (unpaired) electrons. The molecule has 0 unspecified atom stereocenters. The number of para-hydroxylation sites is 1. The summed E-state index contributed by atoms with van der Waals surface area (Å²) in [4.78, 5) is 21.7. The number of amides is 1. The molecule has 1 aliphatic heterocycles. The molecule has 0 aliphatic carbocycles. The van der Waals surface area contributed by atoms with Crippen LogP contribution in [0.3, 0.4) is 0 Å². The van der Waals surface area contributed by atoms with Crippen LogP contribution in [0.25, 0.3) is 0 Å². The third kappa shape index (κ3) is 5.93. The van der Waals surface area contributed by atoms with E-state index in [1.54, 1.807) is 24.5 Å². The summed E-state index contributed by atoms with van der Waals surface area (Å²) in [7, 11) is 0. The number of aryl methyl sites for hydroxylation is 1. The van der Waals surface area contributed by atoms with Gasteiger partial charge in [0.05, 0.1) is 27.8 Å². The van der Waals surface area contributed by atoms with Gasteiger partial charge in [0.2, 0.25) is 0 Å². The van der Waals surface area contributed by atoms with E-state index < -0.39 is 0 Å². The van der Waals surface area contributed by atoms with Gasteiger partial charge in [0.25, 0.3) is 5.91 Å². The summed E-state index contributed by atoms with van der Waals surface area (Å²) in [5.74, 6) is 1.89.